The molecule has 1 heterocycles. The number of hydrogen-bond acceptors (Lipinski definition) is 4. The Bertz CT molecular complexity index is 530. The lowest BCUT2D eigenvalue weighted by Crippen LogP contribution is -2.04. The van der Waals surface area contributed by atoms with Crippen molar-refractivity contribution in [2.75, 3.05) is 12.9 Å². The van der Waals surface area contributed by atoms with Crippen LogP contribution in [0.25, 0.3) is 5.69 Å². The Labute approximate surface area is 115 Å². The third kappa shape index (κ3) is 2.68. The number of thioether (sulfide) groups is 1. The number of halogens is 1. The Balaban J connectivity index is 2.47. The molecular formula is C12H14ClN3OS. The number of aromatic nitrogens is 3. The summed E-state index contributed by atoms with van der Waals surface area (Å²) in [4.78, 5) is 0. The molecule has 2 rings (SSSR count). The molecule has 0 bridgehead atoms. The quantitative estimate of drug-likeness (QED) is 0.857. The van der Waals surface area contributed by atoms with E-state index in [9.17, 15) is 0 Å². The Hall–Kier alpha value is -1.04. The molecule has 0 spiro atoms. The summed E-state index contributed by atoms with van der Waals surface area (Å²) >= 11 is 7.74. The standard InChI is InChI=1S/C12H14ClN3OS/c1-18-12-15-14-11(7-4-8-17)16(12)10-6-3-2-5-9(10)13/h2-3,5-6,17H,4,7-8H2,1H3. The molecule has 1 aromatic heterocycles. The van der Waals surface area contributed by atoms with Crippen LogP contribution in [-0.2, 0) is 6.42 Å². The molecule has 1 N–H and O–H groups in total. The van der Waals surface area contributed by atoms with Crippen LogP contribution in [0.5, 0.6) is 0 Å². The maximum absolute atomic E-state index is 8.92. The summed E-state index contributed by atoms with van der Waals surface area (Å²) in [5.41, 5.74) is 0.876. The number of aryl methyl sites for hydroxylation is 1. The Morgan fingerprint density at radius 3 is 2.78 bits per heavy atom. The van der Waals surface area contributed by atoms with Crippen molar-refractivity contribution in [2.24, 2.45) is 0 Å². The van der Waals surface area contributed by atoms with E-state index in [0.29, 0.717) is 17.9 Å². The van der Waals surface area contributed by atoms with Crippen molar-refractivity contribution in [3.63, 3.8) is 0 Å². The molecule has 0 aliphatic rings. The Morgan fingerprint density at radius 1 is 1.33 bits per heavy atom. The van der Waals surface area contributed by atoms with Gasteiger partial charge >= 0.3 is 0 Å². The second kappa shape index (κ2) is 6.22. The van der Waals surface area contributed by atoms with Crippen LogP contribution in [0.15, 0.2) is 29.4 Å². The van der Waals surface area contributed by atoms with Gasteiger partial charge in [-0.15, -0.1) is 10.2 Å². The van der Waals surface area contributed by atoms with Gasteiger partial charge in [-0.25, -0.2) is 0 Å². The summed E-state index contributed by atoms with van der Waals surface area (Å²) in [6, 6.07) is 7.61. The molecule has 1 aromatic carbocycles. The molecule has 4 nitrogen and oxygen atoms in total. The number of aliphatic hydroxyl groups is 1. The summed E-state index contributed by atoms with van der Waals surface area (Å²) in [5.74, 6) is 0.821. The molecule has 0 saturated carbocycles. The minimum atomic E-state index is 0.143. The summed E-state index contributed by atoms with van der Waals surface area (Å²) in [7, 11) is 0. The maximum Gasteiger partial charge on any atom is 0.195 e. The van der Waals surface area contributed by atoms with E-state index >= 15 is 0 Å². The van der Waals surface area contributed by atoms with Crippen LogP contribution in [0.2, 0.25) is 5.02 Å². The zero-order chi connectivity index (χ0) is 13.0. The second-order valence-electron chi connectivity index (χ2n) is 3.72. The van der Waals surface area contributed by atoms with Gasteiger partial charge in [0.15, 0.2) is 5.16 Å². The van der Waals surface area contributed by atoms with Crippen LogP contribution in [0, 0.1) is 0 Å². The third-order valence-corrected chi connectivity index (χ3v) is 3.48. The molecular weight excluding hydrogens is 270 g/mol. The van der Waals surface area contributed by atoms with E-state index in [1.54, 1.807) is 0 Å². The molecule has 6 heteroatoms. The largest absolute Gasteiger partial charge is 0.396 e. The smallest absolute Gasteiger partial charge is 0.195 e. The second-order valence-corrected chi connectivity index (χ2v) is 4.90. The fourth-order valence-electron chi connectivity index (χ4n) is 1.71. The van der Waals surface area contributed by atoms with Crippen molar-refractivity contribution in [1.82, 2.24) is 14.8 Å². The number of para-hydroxylation sites is 1. The van der Waals surface area contributed by atoms with E-state index in [1.165, 1.54) is 11.8 Å². The van der Waals surface area contributed by atoms with Gasteiger partial charge in [-0.2, -0.15) is 0 Å². The number of nitrogens with zero attached hydrogens (tertiary/aromatic N) is 3. The highest BCUT2D eigenvalue weighted by atomic mass is 35.5. The summed E-state index contributed by atoms with van der Waals surface area (Å²) in [6.07, 6.45) is 3.29. The van der Waals surface area contributed by atoms with Gasteiger partial charge in [0.1, 0.15) is 5.82 Å². The monoisotopic (exact) mass is 283 g/mol. The van der Waals surface area contributed by atoms with Gasteiger partial charge in [-0.05, 0) is 24.8 Å². The summed E-state index contributed by atoms with van der Waals surface area (Å²) < 4.78 is 1.95. The zero-order valence-electron chi connectivity index (χ0n) is 10.0. The molecule has 0 aliphatic carbocycles. The average Bonchev–Trinajstić information content (AvgIpc) is 2.79. The van der Waals surface area contributed by atoms with E-state index in [0.717, 1.165) is 16.7 Å². The van der Waals surface area contributed by atoms with Gasteiger partial charge in [0, 0.05) is 13.0 Å². The van der Waals surface area contributed by atoms with Crippen molar-refractivity contribution >= 4 is 23.4 Å². The predicted molar refractivity (Wildman–Crippen MR) is 73.6 cm³/mol. The molecule has 0 radical (unpaired) electrons. The lowest BCUT2D eigenvalue weighted by atomic mass is 10.2. The molecule has 0 atom stereocenters. The predicted octanol–water partition coefficient (Wildman–Crippen LogP) is 2.57. The molecule has 96 valence electrons. The van der Waals surface area contributed by atoms with Gasteiger partial charge < -0.3 is 5.11 Å². The molecule has 2 aromatic rings. The highest BCUT2D eigenvalue weighted by molar-refractivity contribution is 7.98. The molecule has 0 amide bonds. The first-order valence-electron chi connectivity index (χ1n) is 5.62. The number of benzene rings is 1. The van der Waals surface area contributed by atoms with Gasteiger partial charge in [-0.3, -0.25) is 4.57 Å². The van der Waals surface area contributed by atoms with E-state index < -0.39 is 0 Å². The van der Waals surface area contributed by atoms with Gasteiger partial charge in [0.2, 0.25) is 0 Å². The third-order valence-electron chi connectivity index (χ3n) is 2.53. The van der Waals surface area contributed by atoms with Crippen LogP contribution in [-0.4, -0.2) is 32.7 Å². The van der Waals surface area contributed by atoms with Crippen LogP contribution < -0.4 is 0 Å². The maximum atomic E-state index is 8.92. The minimum Gasteiger partial charge on any atom is -0.396 e. The lowest BCUT2D eigenvalue weighted by Gasteiger charge is -2.10. The van der Waals surface area contributed by atoms with Gasteiger partial charge in [0.05, 0.1) is 10.7 Å². The fraction of sp³-hybridized carbons (Fsp3) is 0.333. The zero-order valence-corrected chi connectivity index (χ0v) is 11.6. The van der Waals surface area contributed by atoms with Crippen molar-refractivity contribution in [1.29, 1.82) is 0 Å². The molecule has 18 heavy (non-hydrogen) atoms. The summed E-state index contributed by atoms with van der Waals surface area (Å²) in [6.45, 7) is 0.143. The molecule has 0 aliphatic heterocycles. The fourth-order valence-corrected chi connectivity index (χ4v) is 2.44. The van der Waals surface area contributed by atoms with Gasteiger partial charge in [0.25, 0.3) is 0 Å². The van der Waals surface area contributed by atoms with Crippen LogP contribution in [0.4, 0.5) is 0 Å². The van der Waals surface area contributed by atoms with Crippen molar-refractivity contribution in [2.45, 2.75) is 18.0 Å². The van der Waals surface area contributed by atoms with Crippen molar-refractivity contribution < 1.29 is 5.11 Å². The van der Waals surface area contributed by atoms with Crippen LogP contribution in [0.1, 0.15) is 12.2 Å². The van der Waals surface area contributed by atoms with E-state index in [-0.39, 0.29) is 6.61 Å². The average molecular weight is 284 g/mol. The number of rotatable bonds is 5. The van der Waals surface area contributed by atoms with E-state index in [2.05, 4.69) is 10.2 Å². The Morgan fingerprint density at radius 2 is 2.11 bits per heavy atom. The highest BCUT2D eigenvalue weighted by Gasteiger charge is 2.14. The van der Waals surface area contributed by atoms with Crippen molar-refractivity contribution in [3.8, 4) is 5.69 Å². The normalized spacial score (nSPS) is 10.8. The SMILES string of the molecule is CSc1nnc(CCCO)n1-c1ccccc1Cl. The summed E-state index contributed by atoms with van der Waals surface area (Å²) in [5, 5.41) is 18.7. The lowest BCUT2D eigenvalue weighted by molar-refractivity contribution is 0.287. The Kier molecular flexibility index (Phi) is 4.63. The first kappa shape index (κ1) is 13.4. The first-order chi connectivity index (χ1) is 8.77. The van der Waals surface area contributed by atoms with Crippen LogP contribution in [0.3, 0.4) is 0 Å². The topological polar surface area (TPSA) is 50.9 Å². The molecule has 0 fully saturated rings. The number of aliphatic hydroxyl groups excluding tert-OH is 1. The van der Waals surface area contributed by atoms with E-state index in [1.807, 2.05) is 35.1 Å². The van der Waals surface area contributed by atoms with E-state index in [4.69, 9.17) is 16.7 Å². The van der Waals surface area contributed by atoms with Crippen molar-refractivity contribution in [3.05, 3.63) is 35.1 Å². The number of hydrogen-bond donors (Lipinski definition) is 1. The minimum absolute atomic E-state index is 0.143. The highest BCUT2D eigenvalue weighted by Crippen LogP contribution is 2.26. The molecule has 0 saturated heterocycles. The molecule has 0 unspecified atom stereocenters. The van der Waals surface area contributed by atoms with Gasteiger partial charge in [-0.1, -0.05) is 35.5 Å². The first-order valence-corrected chi connectivity index (χ1v) is 7.22. The van der Waals surface area contributed by atoms with Crippen LogP contribution >= 0.6 is 23.4 Å².